The second kappa shape index (κ2) is 9.69. The van der Waals surface area contributed by atoms with E-state index in [4.69, 9.17) is 10.9 Å². The van der Waals surface area contributed by atoms with Gasteiger partial charge < -0.3 is 16.0 Å². The maximum atomic E-state index is 12.5. The van der Waals surface area contributed by atoms with Gasteiger partial charge in [-0.05, 0) is 50.5 Å². The van der Waals surface area contributed by atoms with E-state index in [2.05, 4.69) is 5.32 Å². The highest BCUT2D eigenvalue weighted by Crippen LogP contribution is 2.23. The molecule has 10 heteroatoms. The Morgan fingerprint density at radius 2 is 1.75 bits per heavy atom. The molecule has 1 heterocycles. The molecule has 0 radical (unpaired) electrons. The number of nitrogens with zero attached hydrogens (tertiary/aromatic N) is 1. The molecule has 1 saturated heterocycles. The van der Waals surface area contributed by atoms with Crippen molar-refractivity contribution in [3.63, 3.8) is 0 Å². The molecule has 0 aliphatic carbocycles. The van der Waals surface area contributed by atoms with E-state index in [0.29, 0.717) is 38.0 Å². The molecule has 158 valence electrons. The smallest absolute Gasteiger partial charge is 0.242 e. The zero-order valence-electron chi connectivity index (χ0n) is 16.2. The first-order valence-electron chi connectivity index (χ1n) is 9.06. The van der Waals surface area contributed by atoms with Crippen LogP contribution in [0.1, 0.15) is 39.5 Å². The molecule has 1 aromatic carbocycles. The first kappa shape index (κ1) is 24.4. The Balaban J connectivity index is 0.00000392. The first-order valence-corrected chi connectivity index (χ1v) is 10.6. The number of hydrogen-bond acceptors (Lipinski definition) is 5. The molecule has 2 amide bonds. The first-order chi connectivity index (χ1) is 12.5. The number of amides is 2. The number of piperidine rings is 1. The van der Waals surface area contributed by atoms with Crippen molar-refractivity contribution in [3.05, 3.63) is 24.3 Å². The summed E-state index contributed by atoms with van der Waals surface area (Å²) in [6, 6.07) is 5.70. The van der Waals surface area contributed by atoms with Gasteiger partial charge in [0.15, 0.2) is 0 Å². The lowest BCUT2D eigenvalue weighted by atomic mass is 9.91. The fourth-order valence-electron chi connectivity index (χ4n) is 3.30. The lowest BCUT2D eigenvalue weighted by Crippen LogP contribution is -2.55. The molecule has 1 atom stereocenters. The van der Waals surface area contributed by atoms with Crippen LogP contribution in [0.15, 0.2) is 29.2 Å². The normalized spacial score (nSPS) is 17.4. The number of likely N-dealkylation sites (tertiary alicyclic amines) is 1. The van der Waals surface area contributed by atoms with Gasteiger partial charge >= 0.3 is 0 Å². The number of nitrogens with one attached hydrogen (secondary N) is 1. The van der Waals surface area contributed by atoms with Gasteiger partial charge in [0.1, 0.15) is 0 Å². The Morgan fingerprint density at radius 3 is 2.21 bits per heavy atom. The van der Waals surface area contributed by atoms with Gasteiger partial charge in [0, 0.05) is 24.7 Å². The number of halogens is 1. The second-order valence-corrected chi connectivity index (χ2v) is 8.85. The van der Waals surface area contributed by atoms with Gasteiger partial charge in [-0.15, -0.1) is 12.4 Å². The fraction of sp³-hybridized carbons (Fsp3) is 0.556. The monoisotopic (exact) mass is 432 g/mol. The molecule has 1 aliphatic heterocycles. The highest BCUT2D eigenvalue weighted by molar-refractivity contribution is 7.89. The van der Waals surface area contributed by atoms with Crippen LogP contribution in [-0.4, -0.2) is 43.8 Å². The van der Waals surface area contributed by atoms with Crippen molar-refractivity contribution in [2.24, 2.45) is 16.8 Å². The van der Waals surface area contributed by atoms with Crippen molar-refractivity contribution in [2.45, 2.75) is 50.0 Å². The molecule has 1 aromatic rings. The number of carbonyl (C=O) groups is 2. The molecule has 0 bridgehead atoms. The Hall–Kier alpha value is -1.68. The van der Waals surface area contributed by atoms with Crippen LogP contribution in [0.5, 0.6) is 0 Å². The number of anilines is 1. The van der Waals surface area contributed by atoms with E-state index in [0.717, 1.165) is 6.42 Å². The summed E-state index contributed by atoms with van der Waals surface area (Å²) in [6.07, 6.45) is 2.59. The third kappa shape index (κ3) is 6.16. The van der Waals surface area contributed by atoms with Crippen molar-refractivity contribution in [2.75, 3.05) is 18.4 Å². The van der Waals surface area contributed by atoms with Crippen molar-refractivity contribution in [1.82, 2.24) is 4.90 Å². The van der Waals surface area contributed by atoms with Gasteiger partial charge in [-0.25, -0.2) is 13.6 Å². The van der Waals surface area contributed by atoms with E-state index in [9.17, 15) is 18.0 Å². The maximum absolute atomic E-state index is 12.5. The third-order valence-corrected chi connectivity index (χ3v) is 5.79. The van der Waals surface area contributed by atoms with E-state index < -0.39 is 15.6 Å². The van der Waals surface area contributed by atoms with Crippen LogP contribution in [-0.2, 0) is 19.6 Å². The van der Waals surface area contributed by atoms with Gasteiger partial charge in [-0.2, -0.15) is 0 Å². The summed E-state index contributed by atoms with van der Waals surface area (Å²) < 4.78 is 22.5. The van der Waals surface area contributed by atoms with Crippen LogP contribution in [0.3, 0.4) is 0 Å². The molecule has 8 nitrogen and oxygen atoms in total. The molecule has 1 aliphatic rings. The molecule has 0 spiro atoms. The molecule has 2 rings (SSSR count). The molecular formula is C18H29ClN4O4S. The van der Waals surface area contributed by atoms with Gasteiger partial charge in [0.2, 0.25) is 21.8 Å². The molecule has 5 N–H and O–H groups in total. The van der Waals surface area contributed by atoms with E-state index in [1.54, 1.807) is 11.8 Å². The summed E-state index contributed by atoms with van der Waals surface area (Å²) >= 11 is 0. The molecule has 1 fully saturated rings. The van der Waals surface area contributed by atoms with Crippen LogP contribution in [0.2, 0.25) is 0 Å². The fourth-order valence-corrected chi connectivity index (χ4v) is 3.82. The average Bonchev–Trinajstić information content (AvgIpc) is 2.61. The largest absolute Gasteiger partial charge is 0.341 e. The van der Waals surface area contributed by atoms with Gasteiger partial charge in [-0.1, -0.05) is 13.3 Å². The Morgan fingerprint density at radius 1 is 1.21 bits per heavy atom. The summed E-state index contributed by atoms with van der Waals surface area (Å²) in [6.45, 7) is 4.74. The number of hydrogen-bond donors (Lipinski definition) is 3. The van der Waals surface area contributed by atoms with Crippen LogP contribution in [0.4, 0.5) is 5.69 Å². The summed E-state index contributed by atoms with van der Waals surface area (Å²) in [5.41, 5.74) is 5.76. The van der Waals surface area contributed by atoms with Gasteiger partial charge in [0.05, 0.1) is 10.4 Å². The summed E-state index contributed by atoms with van der Waals surface area (Å²) in [5.74, 6) is -0.418. The second-order valence-electron chi connectivity index (χ2n) is 7.29. The van der Waals surface area contributed by atoms with Gasteiger partial charge in [-0.3, -0.25) is 9.59 Å². The molecular weight excluding hydrogens is 404 g/mol. The topological polar surface area (TPSA) is 136 Å². The highest BCUT2D eigenvalue weighted by atomic mass is 35.5. The Bertz CT molecular complexity index is 788. The van der Waals surface area contributed by atoms with Crippen LogP contribution < -0.4 is 16.2 Å². The Kier molecular flexibility index (Phi) is 8.43. The van der Waals surface area contributed by atoms with E-state index in [1.807, 2.05) is 6.92 Å². The van der Waals surface area contributed by atoms with Crippen LogP contribution in [0, 0.1) is 5.92 Å². The van der Waals surface area contributed by atoms with Crippen LogP contribution in [0.25, 0.3) is 0 Å². The minimum absolute atomic E-state index is 0. The van der Waals surface area contributed by atoms with E-state index in [1.165, 1.54) is 24.3 Å². The summed E-state index contributed by atoms with van der Waals surface area (Å²) in [7, 11) is -3.76. The number of sulfonamides is 1. The quantitative estimate of drug-likeness (QED) is 0.625. The average molecular weight is 433 g/mol. The Labute approximate surface area is 172 Å². The predicted molar refractivity (Wildman–Crippen MR) is 110 cm³/mol. The third-order valence-electron chi connectivity index (χ3n) is 4.86. The number of benzene rings is 1. The molecule has 0 aromatic heterocycles. The predicted octanol–water partition coefficient (Wildman–Crippen LogP) is 1.45. The standard InChI is InChI=1S/C18H28N4O4S.ClH/c1-3-10-18(2,19)17(24)22-11-8-13(9-12-22)16(23)21-14-4-6-15(7-5-14)27(20,25)26;/h4-7,13H,3,8-12,19H2,1-2H3,(H,21,23)(H2,20,25,26);1H. The maximum Gasteiger partial charge on any atom is 0.242 e. The summed E-state index contributed by atoms with van der Waals surface area (Å²) in [5, 5.41) is 7.84. The molecule has 0 saturated carbocycles. The van der Waals surface area contributed by atoms with Crippen LogP contribution >= 0.6 is 12.4 Å². The molecule has 28 heavy (non-hydrogen) atoms. The van der Waals surface area contributed by atoms with E-state index >= 15 is 0 Å². The number of rotatable bonds is 6. The zero-order chi connectivity index (χ0) is 20.2. The lowest BCUT2D eigenvalue weighted by molar-refractivity contribution is -0.139. The minimum Gasteiger partial charge on any atom is -0.341 e. The number of carbonyl (C=O) groups excluding carboxylic acids is 2. The minimum atomic E-state index is -3.76. The lowest BCUT2D eigenvalue weighted by Gasteiger charge is -2.36. The van der Waals surface area contributed by atoms with E-state index in [-0.39, 0.29) is 35.0 Å². The van der Waals surface area contributed by atoms with Crippen molar-refractivity contribution in [1.29, 1.82) is 0 Å². The highest BCUT2D eigenvalue weighted by Gasteiger charge is 2.35. The van der Waals surface area contributed by atoms with Gasteiger partial charge in [0.25, 0.3) is 0 Å². The summed E-state index contributed by atoms with van der Waals surface area (Å²) in [4.78, 5) is 26.7. The zero-order valence-corrected chi connectivity index (χ0v) is 17.8. The van der Waals surface area contributed by atoms with Crippen molar-refractivity contribution < 1.29 is 18.0 Å². The number of nitrogens with two attached hydrogens (primary N) is 2. The van der Waals surface area contributed by atoms with Crippen molar-refractivity contribution in [3.8, 4) is 0 Å². The molecule has 1 unspecified atom stereocenters. The van der Waals surface area contributed by atoms with Crippen molar-refractivity contribution >= 4 is 39.9 Å². The SMILES string of the molecule is CCCC(C)(N)C(=O)N1CCC(C(=O)Nc2ccc(S(N)(=O)=O)cc2)CC1.Cl. The number of primary sulfonamides is 1.